The monoisotopic (exact) mass is 255 g/mol. The topological polar surface area (TPSA) is 41.5 Å². The first-order valence-corrected chi connectivity index (χ1v) is 7.73. The minimum absolute atomic E-state index is 0.350. The van der Waals surface area contributed by atoms with Gasteiger partial charge >= 0.3 is 0 Å². The van der Waals surface area contributed by atoms with Gasteiger partial charge in [0.25, 0.3) is 0 Å². The zero-order valence-electron chi connectivity index (χ0n) is 11.9. The van der Waals surface area contributed by atoms with Gasteiger partial charge in [-0.2, -0.15) is 0 Å². The molecule has 3 nitrogen and oxygen atoms in total. The zero-order valence-corrected chi connectivity index (χ0v) is 11.9. The zero-order chi connectivity index (χ0) is 13.0. The molecule has 0 heterocycles. The van der Waals surface area contributed by atoms with E-state index in [0.717, 1.165) is 5.92 Å². The van der Waals surface area contributed by atoms with Gasteiger partial charge in [0.05, 0.1) is 18.8 Å². The molecule has 0 radical (unpaired) electrons. The Labute approximate surface area is 111 Å². The average molecular weight is 255 g/mol. The van der Waals surface area contributed by atoms with E-state index in [2.05, 4.69) is 19.2 Å². The highest BCUT2D eigenvalue weighted by Crippen LogP contribution is 2.33. The van der Waals surface area contributed by atoms with Gasteiger partial charge in [-0.3, -0.25) is 0 Å². The molecule has 2 saturated carbocycles. The summed E-state index contributed by atoms with van der Waals surface area (Å²) in [5.74, 6) is 1.50. The molecule has 0 amide bonds. The standard InChI is InChI=1S/C15H29NO2/c1-3-12-8-14(12)16-9-13(17)10-18-15-7-5-4-6-11(15)2/h11-17H,3-10H2,1-2H3. The van der Waals surface area contributed by atoms with Crippen LogP contribution in [-0.4, -0.2) is 36.5 Å². The first-order valence-electron chi connectivity index (χ1n) is 7.73. The lowest BCUT2D eigenvalue weighted by Crippen LogP contribution is -2.35. The Hall–Kier alpha value is -0.120. The molecule has 0 aromatic carbocycles. The summed E-state index contributed by atoms with van der Waals surface area (Å²) in [6.45, 7) is 5.68. The van der Waals surface area contributed by atoms with E-state index in [9.17, 15) is 5.11 Å². The molecule has 18 heavy (non-hydrogen) atoms. The molecule has 0 aliphatic heterocycles. The van der Waals surface area contributed by atoms with Crippen molar-refractivity contribution in [3.63, 3.8) is 0 Å². The average Bonchev–Trinajstić information content (AvgIpc) is 3.14. The predicted molar refractivity (Wildman–Crippen MR) is 73.6 cm³/mol. The molecule has 5 unspecified atom stereocenters. The Morgan fingerprint density at radius 1 is 1.33 bits per heavy atom. The molecular formula is C15H29NO2. The first-order chi connectivity index (χ1) is 8.70. The summed E-state index contributed by atoms with van der Waals surface area (Å²) < 4.78 is 5.87. The van der Waals surface area contributed by atoms with E-state index in [1.54, 1.807) is 0 Å². The summed E-state index contributed by atoms with van der Waals surface area (Å²) in [6.07, 6.45) is 7.62. The van der Waals surface area contributed by atoms with Crippen LogP contribution in [0.25, 0.3) is 0 Å². The molecule has 0 bridgehead atoms. The molecule has 0 aromatic heterocycles. The first kappa shape index (κ1) is 14.3. The van der Waals surface area contributed by atoms with E-state index in [1.165, 1.54) is 38.5 Å². The minimum atomic E-state index is -0.350. The van der Waals surface area contributed by atoms with Crippen molar-refractivity contribution >= 4 is 0 Å². The molecule has 2 aliphatic rings. The van der Waals surface area contributed by atoms with E-state index in [0.29, 0.717) is 31.2 Å². The largest absolute Gasteiger partial charge is 0.389 e. The van der Waals surface area contributed by atoms with E-state index < -0.39 is 0 Å². The van der Waals surface area contributed by atoms with Crippen molar-refractivity contribution in [3.05, 3.63) is 0 Å². The van der Waals surface area contributed by atoms with E-state index >= 15 is 0 Å². The number of hydrogen-bond acceptors (Lipinski definition) is 3. The van der Waals surface area contributed by atoms with Gasteiger partial charge in [0, 0.05) is 12.6 Å². The molecule has 3 heteroatoms. The third kappa shape index (κ3) is 4.22. The van der Waals surface area contributed by atoms with Crippen molar-refractivity contribution in [2.45, 2.75) is 70.6 Å². The summed E-state index contributed by atoms with van der Waals surface area (Å²) in [6, 6.07) is 0.651. The Bertz CT molecular complexity index is 247. The second-order valence-electron chi connectivity index (χ2n) is 6.21. The fourth-order valence-corrected chi connectivity index (χ4v) is 3.06. The Balaban J connectivity index is 1.55. The van der Waals surface area contributed by atoms with E-state index in [1.807, 2.05) is 0 Å². The lowest BCUT2D eigenvalue weighted by molar-refractivity contribution is -0.0452. The lowest BCUT2D eigenvalue weighted by Gasteiger charge is -2.29. The summed E-state index contributed by atoms with van der Waals surface area (Å²) in [5, 5.41) is 13.3. The number of rotatable bonds is 7. The second kappa shape index (κ2) is 6.88. The molecule has 106 valence electrons. The molecule has 2 rings (SSSR count). The maximum atomic E-state index is 9.91. The van der Waals surface area contributed by atoms with Crippen molar-refractivity contribution in [3.8, 4) is 0 Å². The highest BCUT2D eigenvalue weighted by molar-refractivity contribution is 4.92. The highest BCUT2D eigenvalue weighted by atomic mass is 16.5. The number of ether oxygens (including phenoxy) is 1. The van der Waals surface area contributed by atoms with Crippen LogP contribution in [0.5, 0.6) is 0 Å². The summed E-state index contributed by atoms with van der Waals surface area (Å²) >= 11 is 0. The number of nitrogens with one attached hydrogen (secondary N) is 1. The van der Waals surface area contributed by atoms with Crippen LogP contribution < -0.4 is 5.32 Å². The third-order valence-corrected chi connectivity index (χ3v) is 4.60. The van der Waals surface area contributed by atoms with E-state index in [-0.39, 0.29) is 6.10 Å². The number of hydrogen-bond donors (Lipinski definition) is 2. The van der Waals surface area contributed by atoms with E-state index in [4.69, 9.17) is 4.74 Å². The van der Waals surface area contributed by atoms with Crippen LogP contribution in [0.4, 0.5) is 0 Å². The van der Waals surface area contributed by atoms with Gasteiger partial charge in [0.2, 0.25) is 0 Å². The Morgan fingerprint density at radius 3 is 2.78 bits per heavy atom. The van der Waals surface area contributed by atoms with Gasteiger partial charge in [-0.15, -0.1) is 0 Å². The third-order valence-electron chi connectivity index (χ3n) is 4.60. The summed E-state index contributed by atoms with van der Waals surface area (Å²) in [7, 11) is 0. The fraction of sp³-hybridized carbons (Fsp3) is 1.00. The van der Waals surface area contributed by atoms with Crippen LogP contribution in [0.1, 0.15) is 52.4 Å². The van der Waals surface area contributed by atoms with Crippen LogP contribution in [0.3, 0.4) is 0 Å². The fourth-order valence-electron chi connectivity index (χ4n) is 3.06. The Kier molecular flexibility index (Phi) is 5.46. The smallest absolute Gasteiger partial charge is 0.0897 e. The summed E-state index contributed by atoms with van der Waals surface area (Å²) in [4.78, 5) is 0. The van der Waals surface area contributed by atoms with Gasteiger partial charge in [-0.25, -0.2) is 0 Å². The van der Waals surface area contributed by atoms with Crippen LogP contribution >= 0.6 is 0 Å². The maximum absolute atomic E-state index is 9.91. The molecule has 2 N–H and O–H groups in total. The second-order valence-corrected chi connectivity index (χ2v) is 6.21. The number of aliphatic hydroxyl groups excluding tert-OH is 1. The molecule has 0 saturated heterocycles. The van der Waals surface area contributed by atoms with Crippen LogP contribution in [0.2, 0.25) is 0 Å². The normalized spacial score (nSPS) is 37.5. The minimum Gasteiger partial charge on any atom is -0.389 e. The molecular weight excluding hydrogens is 226 g/mol. The molecule has 0 spiro atoms. The van der Waals surface area contributed by atoms with Crippen molar-refractivity contribution in [2.24, 2.45) is 11.8 Å². The SMILES string of the molecule is CCC1CC1NCC(O)COC1CCCCC1C. The van der Waals surface area contributed by atoms with Crippen molar-refractivity contribution in [1.29, 1.82) is 0 Å². The maximum Gasteiger partial charge on any atom is 0.0897 e. The lowest BCUT2D eigenvalue weighted by atomic mass is 9.88. The molecule has 0 aromatic rings. The van der Waals surface area contributed by atoms with Gasteiger partial charge in [0.1, 0.15) is 0 Å². The molecule has 2 fully saturated rings. The molecule has 5 atom stereocenters. The molecule has 2 aliphatic carbocycles. The van der Waals surface area contributed by atoms with Crippen LogP contribution in [0, 0.1) is 11.8 Å². The van der Waals surface area contributed by atoms with Gasteiger partial charge in [-0.1, -0.05) is 33.1 Å². The van der Waals surface area contributed by atoms with Gasteiger partial charge in [-0.05, 0) is 31.1 Å². The van der Waals surface area contributed by atoms with Crippen LogP contribution in [0.15, 0.2) is 0 Å². The quantitative estimate of drug-likeness (QED) is 0.733. The highest BCUT2D eigenvalue weighted by Gasteiger charge is 2.34. The van der Waals surface area contributed by atoms with Crippen molar-refractivity contribution < 1.29 is 9.84 Å². The number of aliphatic hydroxyl groups is 1. The predicted octanol–water partition coefficient (Wildman–Crippen LogP) is 2.33. The van der Waals surface area contributed by atoms with Crippen molar-refractivity contribution in [2.75, 3.05) is 13.2 Å². The summed E-state index contributed by atoms with van der Waals surface area (Å²) in [5.41, 5.74) is 0. The van der Waals surface area contributed by atoms with Gasteiger partial charge in [0.15, 0.2) is 0 Å². The van der Waals surface area contributed by atoms with Gasteiger partial charge < -0.3 is 15.2 Å². The Morgan fingerprint density at radius 2 is 2.11 bits per heavy atom. The van der Waals surface area contributed by atoms with Crippen molar-refractivity contribution in [1.82, 2.24) is 5.32 Å². The van der Waals surface area contributed by atoms with Crippen LogP contribution in [-0.2, 0) is 4.74 Å².